The number of pyridine rings is 1. The molecule has 0 radical (unpaired) electrons. The van der Waals surface area contributed by atoms with Crippen molar-refractivity contribution in [2.45, 2.75) is 50.6 Å². The van der Waals surface area contributed by atoms with Crippen molar-refractivity contribution in [1.29, 1.82) is 0 Å². The smallest absolute Gasteiger partial charge is 0.220 e. The highest BCUT2D eigenvalue weighted by atomic mass is 15.4. The van der Waals surface area contributed by atoms with Crippen LogP contribution in [-0.2, 0) is 12.8 Å². The molecule has 1 spiro atoms. The van der Waals surface area contributed by atoms with E-state index in [9.17, 15) is 0 Å². The van der Waals surface area contributed by atoms with Crippen molar-refractivity contribution < 1.29 is 0 Å². The van der Waals surface area contributed by atoms with E-state index < -0.39 is 0 Å². The van der Waals surface area contributed by atoms with Gasteiger partial charge in [-0.05, 0) is 73.9 Å². The summed E-state index contributed by atoms with van der Waals surface area (Å²) < 4.78 is 0. The van der Waals surface area contributed by atoms with Gasteiger partial charge in [-0.3, -0.25) is 9.88 Å². The molecule has 1 aliphatic heterocycles. The van der Waals surface area contributed by atoms with Crippen LogP contribution in [0.15, 0.2) is 58.8 Å². The van der Waals surface area contributed by atoms with Crippen LogP contribution in [0.3, 0.4) is 0 Å². The molecule has 4 rings (SSSR count). The van der Waals surface area contributed by atoms with E-state index in [4.69, 9.17) is 16.5 Å². The number of nitrogens with zero attached hydrogens (tertiary/aromatic N) is 4. The molecule has 2 heterocycles. The monoisotopic (exact) mass is 362 g/mol. The number of anilines is 1. The van der Waals surface area contributed by atoms with Gasteiger partial charge in [-0.15, -0.1) is 0 Å². The molecule has 1 fully saturated rings. The second kappa shape index (κ2) is 7.39. The van der Waals surface area contributed by atoms with Crippen molar-refractivity contribution in [1.82, 2.24) is 4.98 Å². The van der Waals surface area contributed by atoms with Crippen molar-refractivity contribution in [3.63, 3.8) is 0 Å². The summed E-state index contributed by atoms with van der Waals surface area (Å²) >= 11 is 0. The van der Waals surface area contributed by atoms with Gasteiger partial charge in [-0.25, -0.2) is 4.99 Å². The predicted octanol–water partition coefficient (Wildman–Crippen LogP) is 2.98. The van der Waals surface area contributed by atoms with Crippen LogP contribution >= 0.6 is 0 Å². The van der Waals surface area contributed by atoms with Crippen LogP contribution in [0.5, 0.6) is 0 Å². The number of aliphatic imine (C=N–C) groups is 2. The second-order valence-electron chi connectivity index (χ2n) is 7.34. The van der Waals surface area contributed by atoms with Gasteiger partial charge in [0, 0.05) is 18.1 Å². The maximum Gasteiger partial charge on any atom is 0.220 e. The summed E-state index contributed by atoms with van der Waals surface area (Å²) in [6.45, 7) is 0. The molecular formula is C21H26N6. The maximum atomic E-state index is 6.29. The highest BCUT2D eigenvalue weighted by molar-refractivity contribution is 6.05. The van der Waals surface area contributed by atoms with Crippen molar-refractivity contribution >= 4 is 17.6 Å². The molecule has 1 saturated carbocycles. The highest BCUT2D eigenvalue weighted by Crippen LogP contribution is 2.39. The van der Waals surface area contributed by atoms with Crippen LogP contribution in [0.4, 0.5) is 5.69 Å². The zero-order valence-electron chi connectivity index (χ0n) is 15.5. The third kappa shape index (κ3) is 3.65. The van der Waals surface area contributed by atoms with Gasteiger partial charge >= 0.3 is 0 Å². The number of rotatable bonds is 4. The second-order valence-corrected chi connectivity index (χ2v) is 7.34. The number of benzene rings is 1. The van der Waals surface area contributed by atoms with Crippen molar-refractivity contribution in [2.75, 3.05) is 4.90 Å². The Morgan fingerprint density at radius 3 is 2.15 bits per heavy atom. The fourth-order valence-corrected chi connectivity index (χ4v) is 4.14. The van der Waals surface area contributed by atoms with E-state index in [1.54, 1.807) is 0 Å². The first-order valence-electron chi connectivity index (χ1n) is 9.64. The Morgan fingerprint density at radius 1 is 0.852 bits per heavy atom. The van der Waals surface area contributed by atoms with Gasteiger partial charge in [0.25, 0.3) is 0 Å². The highest BCUT2D eigenvalue weighted by Gasteiger charge is 2.42. The average Bonchev–Trinajstić information content (AvgIpc) is 2.68. The normalized spacial score (nSPS) is 18.9. The number of hydrogen-bond acceptors (Lipinski definition) is 6. The first-order valence-corrected chi connectivity index (χ1v) is 9.64. The third-order valence-electron chi connectivity index (χ3n) is 5.50. The first kappa shape index (κ1) is 17.5. The van der Waals surface area contributed by atoms with E-state index in [2.05, 4.69) is 51.3 Å². The number of guanidine groups is 2. The molecule has 1 aliphatic carbocycles. The standard InChI is InChI=1S/C21H26N6/c22-19-25-20(23)27(21(26-19)12-2-1-3-13-21)18-8-6-16(7-9-18)4-5-17-10-14-24-15-11-17/h6-11,14-15H,1-5,12-13H2,(H4,22,23,25,26). The molecule has 27 heavy (non-hydrogen) atoms. The number of hydrogen-bond donors (Lipinski definition) is 2. The van der Waals surface area contributed by atoms with Gasteiger partial charge in [-0.1, -0.05) is 18.6 Å². The van der Waals surface area contributed by atoms with E-state index in [-0.39, 0.29) is 5.66 Å². The molecule has 2 aromatic rings. The molecule has 140 valence electrons. The van der Waals surface area contributed by atoms with E-state index >= 15 is 0 Å². The van der Waals surface area contributed by atoms with Crippen LogP contribution in [0.25, 0.3) is 0 Å². The van der Waals surface area contributed by atoms with Crippen molar-refractivity contribution in [2.24, 2.45) is 21.5 Å². The molecule has 6 heteroatoms. The zero-order chi connectivity index (χ0) is 18.7. The molecule has 1 aromatic heterocycles. The molecule has 0 atom stereocenters. The molecule has 0 bridgehead atoms. The molecule has 1 aromatic carbocycles. The Labute approximate surface area is 160 Å². The van der Waals surface area contributed by atoms with Crippen LogP contribution in [0, 0.1) is 0 Å². The molecule has 2 aliphatic rings. The fraction of sp³-hybridized carbons (Fsp3) is 0.381. The minimum absolute atomic E-state index is 0.291. The summed E-state index contributed by atoms with van der Waals surface area (Å²) in [6, 6.07) is 12.7. The van der Waals surface area contributed by atoms with Crippen LogP contribution in [0.1, 0.15) is 43.2 Å². The Kier molecular flexibility index (Phi) is 4.79. The Bertz CT molecular complexity index is 835. The maximum absolute atomic E-state index is 6.29. The molecule has 6 nitrogen and oxygen atoms in total. The number of nitrogens with two attached hydrogens (primary N) is 2. The first-order chi connectivity index (χ1) is 13.2. The Hall–Kier alpha value is -2.89. The fourth-order valence-electron chi connectivity index (χ4n) is 4.14. The number of aromatic nitrogens is 1. The average molecular weight is 362 g/mol. The largest absolute Gasteiger partial charge is 0.369 e. The van der Waals surface area contributed by atoms with Gasteiger partial charge < -0.3 is 11.5 Å². The summed E-state index contributed by atoms with van der Waals surface area (Å²) in [6.07, 6.45) is 11.1. The van der Waals surface area contributed by atoms with E-state index in [0.29, 0.717) is 11.9 Å². The van der Waals surface area contributed by atoms with Crippen LogP contribution < -0.4 is 16.4 Å². The van der Waals surface area contributed by atoms with Crippen molar-refractivity contribution in [3.05, 3.63) is 59.9 Å². The Morgan fingerprint density at radius 2 is 1.48 bits per heavy atom. The van der Waals surface area contributed by atoms with Gasteiger partial charge in [0.05, 0.1) is 0 Å². The Balaban J connectivity index is 1.54. The zero-order valence-corrected chi connectivity index (χ0v) is 15.5. The lowest BCUT2D eigenvalue weighted by Crippen LogP contribution is -2.58. The van der Waals surface area contributed by atoms with Gasteiger partial charge in [-0.2, -0.15) is 4.99 Å². The lowest BCUT2D eigenvalue weighted by atomic mass is 9.87. The van der Waals surface area contributed by atoms with E-state index in [1.807, 2.05) is 12.4 Å². The molecule has 0 saturated heterocycles. The predicted molar refractivity (Wildman–Crippen MR) is 110 cm³/mol. The summed E-state index contributed by atoms with van der Waals surface area (Å²) in [4.78, 5) is 15.1. The number of aryl methyl sites for hydroxylation is 2. The van der Waals surface area contributed by atoms with E-state index in [1.165, 1.54) is 17.5 Å². The SMILES string of the molecule is NC1=NC2(CCCCC2)N(c2ccc(CCc3ccncc3)cc2)C(N)=N1. The van der Waals surface area contributed by atoms with Crippen LogP contribution in [0.2, 0.25) is 0 Å². The topological polar surface area (TPSA) is 92.9 Å². The summed E-state index contributed by atoms with van der Waals surface area (Å²) in [7, 11) is 0. The minimum Gasteiger partial charge on any atom is -0.369 e. The minimum atomic E-state index is -0.382. The molecule has 0 unspecified atom stereocenters. The molecular weight excluding hydrogens is 336 g/mol. The molecule has 0 amide bonds. The lowest BCUT2D eigenvalue weighted by molar-refractivity contribution is 0.305. The summed E-state index contributed by atoms with van der Waals surface area (Å²) in [5, 5.41) is 0. The quantitative estimate of drug-likeness (QED) is 0.874. The third-order valence-corrected chi connectivity index (χ3v) is 5.50. The van der Waals surface area contributed by atoms with Crippen LogP contribution in [-0.4, -0.2) is 22.6 Å². The van der Waals surface area contributed by atoms with E-state index in [0.717, 1.165) is 44.2 Å². The summed E-state index contributed by atoms with van der Waals surface area (Å²) in [5.41, 5.74) is 15.5. The van der Waals surface area contributed by atoms with Crippen molar-refractivity contribution in [3.8, 4) is 0 Å². The summed E-state index contributed by atoms with van der Waals surface area (Å²) in [5.74, 6) is 0.730. The van der Waals surface area contributed by atoms with Gasteiger partial charge in [0.2, 0.25) is 11.9 Å². The van der Waals surface area contributed by atoms with Gasteiger partial charge in [0.15, 0.2) is 0 Å². The lowest BCUT2D eigenvalue weighted by Gasteiger charge is -2.45. The van der Waals surface area contributed by atoms with Gasteiger partial charge in [0.1, 0.15) is 5.66 Å². The molecule has 4 N–H and O–H groups in total.